The lowest BCUT2D eigenvalue weighted by Crippen LogP contribution is -2.32. The molecule has 1 aliphatic carbocycles. The average molecular weight is 183 g/mol. The Balaban J connectivity index is 1.99. The van der Waals surface area contributed by atoms with Gasteiger partial charge in [0, 0.05) is 19.7 Å². The van der Waals surface area contributed by atoms with Crippen LogP contribution in [-0.2, 0) is 4.74 Å². The molecule has 1 aliphatic heterocycles. The number of likely N-dealkylation sites (tertiary alicyclic amines) is 1. The van der Waals surface area contributed by atoms with Gasteiger partial charge in [0.15, 0.2) is 0 Å². The third kappa shape index (κ3) is 1.75. The predicted octanol–water partition coefficient (Wildman–Crippen LogP) is 1.75. The Morgan fingerprint density at radius 3 is 2.85 bits per heavy atom. The van der Waals surface area contributed by atoms with E-state index in [1.165, 1.54) is 32.2 Å². The lowest BCUT2D eigenvalue weighted by molar-refractivity contribution is 0.125. The summed E-state index contributed by atoms with van der Waals surface area (Å²) in [6.07, 6.45) is 5.73. The molecular weight excluding hydrogens is 162 g/mol. The molecule has 0 radical (unpaired) electrons. The van der Waals surface area contributed by atoms with E-state index in [1.54, 1.807) is 0 Å². The monoisotopic (exact) mass is 183 g/mol. The van der Waals surface area contributed by atoms with Crippen molar-refractivity contribution in [2.75, 3.05) is 27.3 Å². The summed E-state index contributed by atoms with van der Waals surface area (Å²) in [6.45, 7) is 2.22. The van der Waals surface area contributed by atoms with Crippen molar-refractivity contribution in [1.29, 1.82) is 0 Å². The van der Waals surface area contributed by atoms with E-state index in [1.807, 2.05) is 7.11 Å². The predicted molar refractivity (Wildman–Crippen MR) is 53.7 cm³/mol. The Hall–Kier alpha value is -0.0800. The van der Waals surface area contributed by atoms with Gasteiger partial charge < -0.3 is 9.64 Å². The average Bonchev–Trinajstić information content (AvgIpc) is 2.46. The van der Waals surface area contributed by atoms with Gasteiger partial charge in [0.05, 0.1) is 6.61 Å². The molecule has 1 heterocycles. The summed E-state index contributed by atoms with van der Waals surface area (Å²) in [6, 6.07) is 0.869. The minimum Gasteiger partial charge on any atom is -0.384 e. The first-order valence-electron chi connectivity index (χ1n) is 5.52. The van der Waals surface area contributed by atoms with Crippen LogP contribution >= 0.6 is 0 Å². The van der Waals surface area contributed by atoms with Crippen LogP contribution in [0.1, 0.15) is 25.7 Å². The lowest BCUT2D eigenvalue weighted by Gasteiger charge is -2.30. The van der Waals surface area contributed by atoms with Gasteiger partial charge in [-0.1, -0.05) is 12.8 Å². The van der Waals surface area contributed by atoms with E-state index in [9.17, 15) is 0 Å². The lowest BCUT2D eigenvalue weighted by atomic mass is 9.80. The summed E-state index contributed by atoms with van der Waals surface area (Å²) in [5.74, 6) is 1.74. The molecule has 0 N–H and O–H groups in total. The first-order valence-corrected chi connectivity index (χ1v) is 5.52. The molecule has 1 saturated carbocycles. The highest BCUT2D eigenvalue weighted by Gasteiger charge is 2.40. The normalized spacial score (nSPS) is 40.6. The van der Waals surface area contributed by atoms with E-state index < -0.39 is 0 Å². The molecule has 2 heteroatoms. The van der Waals surface area contributed by atoms with Crippen molar-refractivity contribution in [2.24, 2.45) is 11.8 Å². The number of fused-ring (bicyclic) bond motifs is 1. The maximum Gasteiger partial charge on any atom is 0.0505 e. The molecule has 0 amide bonds. The maximum atomic E-state index is 5.30. The number of hydrogen-bond acceptors (Lipinski definition) is 2. The SMILES string of the molecule is COC[C@@H]1CN(C)[C@H]2CCCC[C@@H]12. The number of rotatable bonds is 2. The molecule has 0 aromatic heterocycles. The van der Waals surface area contributed by atoms with Gasteiger partial charge in [0.1, 0.15) is 0 Å². The molecule has 0 spiro atoms. The molecule has 3 atom stereocenters. The van der Waals surface area contributed by atoms with E-state index in [0.29, 0.717) is 0 Å². The second-order valence-corrected chi connectivity index (χ2v) is 4.67. The van der Waals surface area contributed by atoms with Gasteiger partial charge in [0.2, 0.25) is 0 Å². The quantitative estimate of drug-likeness (QED) is 0.646. The minimum absolute atomic E-state index is 0.806. The molecular formula is C11H21NO. The summed E-state index contributed by atoms with van der Waals surface area (Å²) in [5.41, 5.74) is 0. The van der Waals surface area contributed by atoms with Gasteiger partial charge >= 0.3 is 0 Å². The Kier molecular flexibility index (Phi) is 2.89. The zero-order valence-corrected chi connectivity index (χ0v) is 8.83. The van der Waals surface area contributed by atoms with E-state index in [2.05, 4.69) is 11.9 Å². The standard InChI is InChI=1S/C11H21NO/c1-12-7-9(8-13-2)10-5-3-4-6-11(10)12/h9-11H,3-8H2,1-2H3/t9-,10-,11-/m0/s1. The number of hydrogen-bond donors (Lipinski definition) is 0. The third-order valence-corrected chi connectivity index (χ3v) is 3.86. The summed E-state index contributed by atoms with van der Waals surface area (Å²) in [7, 11) is 4.11. The van der Waals surface area contributed by atoms with Crippen LogP contribution in [0.5, 0.6) is 0 Å². The van der Waals surface area contributed by atoms with Crippen LogP contribution in [0.4, 0.5) is 0 Å². The Labute approximate surface area is 81.3 Å². The molecule has 0 unspecified atom stereocenters. The fourth-order valence-corrected chi connectivity index (χ4v) is 3.27. The van der Waals surface area contributed by atoms with Crippen molar-refractivity contribution in [2.45, 2.75) is 31.7 Å². The fourth-order valence-electron chi connectivity index (χ4n) is 3.27. The van der Waals surface area contributed by atoms with Crippen molar-refractivity contribution in [3.8, 4) is 0 Å². The second kappa shape index (κ2) is 3.97. The first-order chi connectivity index (χ1) is 6.33. The topological polar surface area (TPSA) is 12.5 Å². The second-order valence-electron chi connectivity index (χ2n) is 4.67. The van der Waals surface area contributed by atoms with Crippen molar-refractivity contribution >= 4 is 0 Å². The van der Waals surface area contributed by atoms with Gasteiger partial charge in [-0.25, -0.2) is 0 Å². The van der Waals surface area contributed by atoms with Crippen LogP contribution in [0.15, 0.2) is 0 Å². The van der Waals surface area contributed by atoms with E-state index in [4.69, 9.17) is 4.74 Å². The van der Waals surface area contributed by atoms with Gasteiger partial charge in [0.25, 0.3) is 0 Å². The molecule has 1 saturated heterocycles. The van der Waals surface area contributed by atoms with Crippen molar-refractivity contribution in [3.63, 3.8) is 0 Å². The molecule has 0 bridgehead atoms. The smallest absolute Gasteiger partial charge is 0.0505 e. The molecule has 2 nitrogen and oxygen atoms in total. The van der Waals surface area contributed by atoms with Gasteiger partial charge in [-0.3, -0.25) is 0 Å². The first kappa shape index (κ1) is 9.47. The summed E-state index contributed by atoms with van der Waals surface area (Å²) in [5, 5.41) is 0. The zero-order valence-electron chi connectivity index (χ0n) is 8.83. The number of nitrogens with zero attached hydrogens (tertiary/aromatic N) is 1. The maximum absolute atomic E-state index is 5.30. The van der Waals surface area contributed by atoms with Crippen LogP contribution in [0.25, 0.3) is 0 Å². The fraction of sp³-hybridized carbons (Fsp3) is 1.00. The van der Waals surface area contributed by atoms with Gasteiger partial charge in [-0.15, -0.1) is 0 Å². The molecule has 76 valence electrons. The highest BCUT2D eigenvalue weighted by atomic mass is 16.5. The number of methoxy groups -OCH3 is 1. The highest BCUT2D eigenvalue weighted by Crippen LogP contribution is 2.38. The molecule has 0 aromatic rings. The molecule has 2 aliphatic rings. The van der Waals surface area contributed by atoms with E-state index in [-0.39, 0.29) is 0 Å². The molecule has 13 heavy (non-hydrogen) atoms. The molecule has 2 rings (SSSR count). The summed E-state index contributed by atoms with van der Waals surface area (Å²) < 4.78 is 5.30. The van der Waals surface area contributed by atoms with E-state index in [0.717, 1.165) is 24.5 Å². The largest absolute Gasteiger partial charge is 0.384 e. The van der Waals surface area contributed by atoms with Crippen LogP contribution in [-0.4, -0.2) is 38.3 Å². The van der Waals surface area contributed by atoms with Crippen molar-refractivity contribution in [3.05, 3.63) is 0 Å². The van der Waals surface area contributed by atoms with Crippen LogP contribution < -0.4 is 0 Å². The van der Waals surface area contributed by atoms with E-state index >= 15 is 0 Å². The minimum atomic E-state index is 0.806. The molecule has 0 aromatic carbocycles. The van der Waals surface area contributed by atoms with Gasteiger partial charge in [-0.2, -0.15) is 0 Å². The summed E-state index contributed by atoms with van der Waals surface area (Å²) >= 11 is 0. The third-order valence-electron chi connectivity index (χ3n) is 3.86. The Bertz CT molecular complexity index is 171. The van der Waals surface area contributed by atoms with Crippen LogP contribution in [0.3, 0.4) is 0 Å². The van der Waals surface area contributed by atoms with Crippen molar-refractivity contribution in [1.82, 2.24) is 4.90 Å². The van der Waals surface area contributed by atoms with Crippen molar-refractivity contribution < 1.29 is 4.74 Å². The summed E-state index contributed by atoms with van der Waals surface area (Å²) in [4.78, 5) is 2.55. The molecule has 2 fully saturated rings. The Morgan fingerprint density at radius 2 is 2.08 bits per heavy atom. The van der Waals surface area contributed by atoms with Gasteiger partial charge in [-0.05, 0) is 31.7 Å². The van der Waals surface area contributed by atoms with Crippen LogP contribution in [0.2, 0.25) is 0 Å². The van der Waals surface area contributed by atoms with Crippen LogP contribution in [0, 0.1) is 11.8 Å². The Morgan fingerprint density at radius 1 is 1.31 bits per heavy atom. The highest BCUT2D eigenvalue weighted by molar-refractivity contribution is 4.93. The zero-order chi connectivity index (χ0) is 9.26. The number of ether oxygens (including phenoxy) is 1.